The van der Waals surface area contributed by atoms with E-state index >= 15 is 0 Å². The lowest BCUT2D eigenvalue weighted by Crippen LogP contribution is -2.47. The quantitative estimate of drug-likeness (QED) is 0.0205. The molecule has 530 valence electrons. The van der Waals surface area contributed by atoms with Crippen molar-refractivity contribution in [2.45, 2.75) is 380 Å². The van der Waals surface area contributed by atoms with Gasteiger partial charge in [-0.15, -0.1) is 0 Å². The Morgan fingerprint density at radius 3 is 1.05 bits per heavy atom. The van der Waals surface area contributed by atoms with Crippen LogP contribution in [0.4, 0.5) is 0 Å². The third-order valence-electron chi connectivity index (χ3n) is 17.3. The molecular formula is C81H150N2O7P+. The van der Waals surface area contributed by atoms with Gasteiger partial charge in [-0.2, -0.15) is 0 Å². The van der Waals surface area contributed by atoms with Gasteiger partial charge in [0, 0.05) is 12.8 Å². The molecule has 0 bridgehead atoms. The molecule has 3 atom stereocenters. The van der Waals surface area contributed by atoms with E-state index in [1.807, 2.05) is 33.3 Å². The summed E-state index contributed by atoms with van der Waals surface area (Å²) in [6.07, 6.45) is 94.7. The van der Waals surface area contributed by atoms with Gasteiger partial charge in [0.2, 0.25) is 5.91 Å². The molecule has 9 nitrogen and oxygen atoms in total. The van der Waals surface area contributed by atoms with Gasteiger partial charge in [-0.1, -0.05) is 357 Å². The van der Waals surface area contributed by atoms with Gasteiger partial charge in [-0.05, 0) is 83.1 Å². The zero-order chi connectivity index (χ0) is 66.3. The van der Waals surface area contributed by atoms with Gasteiger partial charge in [-0.3, -0.25) is 18.6 Å². The molecule has 0 aliphatic rings. The zero-order valence-electron chi connectivity index (χ0n) is 60.8. The standard InChI is InChI=1S/C81H149N2O7P/c1-7-10-13-16-19-22-25-28-30-32-34-36-38-40-41-43-45-47-49-51-53-56-59-62-65-68-71-74-81(85)90-79(72-69-66-63-60-57-54-27-24-21-18-15-12-9-3)78(77-89-91(86,87)88-76-75-83(4,5)6)82-80(84)73-70-67-64-61-58-55-52-50-48-46-44-42-39-37-35-33-31-29-26-23-20-17-14-11-8-2/h10,13,19,22,28,30,34,36,40-41,45,47,69,72,78-79H,7-9,11-12,14-18,20-21,23-27,29,31-33,35,37-39,42-44,46,48-68,70-71,73-77H2,1-6H3,(H-,82,84,86,87)/p+1/b13-10-,22-19-,30-28-,36-34-,41-40-,47-45-,72-69+. The van der Waals surface area contributed by atoms with Gasteiger partial charge >= 0.3 is 13.8 Å². The molecule has 0 saturated carbocycles. The molecule has 3 unspecified atom stereocenters. The van der Waals surface area contributed by atoms with Gasteiger partial charge in [-0.25, -0.2) is 4.57 Å². The molecule has 0 saturated heterocycles. The zero-order valence-corrected chi connectivity index (χ0v) is 61.7. The second kappa shape index (κ2) is 70.0. The monoisotopic (exact) mass is 1290 g/mol. The minimum absolute atomic E-state index is 0.0379. The van der Waals surface area contributed by atoms with Crippen molar-refractivity contribution in [1.82, 2.24) is 5.32 Å². The molecule has 0 aromatic carbocycles. The first-order valence-corrected chi connectivity index (χ1v) is 40.4. The molecule has 0 aromatic rings. The number of nitrogens with one attached hydrogen (secondary N) is 1. The normalized spacial score (nSPS) is 13.9. The maximum atomic E-state index is 13.7. The number of hydrogen-bond donors (Lipinski definition) is 2. The Hall–Kier alpha value is -2.81. The molecule has 0 aromatic heterocycles. The molecule has 0 aliphatic carbocycles. The second-order valence-corrected chi connectivity index (χ2v) is 29.0. The molecule has 0 fully saturated rings. The molecule has 0 heterocycles. The van der Waals surface area contributed by atoms with E-state index in [-0.39, 0.29) is 31.5 Å². The number of carbonyl (C=O) groups excluding carboxylic acids is 2. The number of rotatable bonds is 71. The summed E-state index contributed by atoms with van der Waals surface area (Å²) in [6.45, 7) is 6.95. The fourth-order valence-corrected chi connectivity index (χ4v) is 12.2. The highest BCUT2D eigenvalue weighted by atomic mass is 31.2. The Kier molecular flexibility index (Phi) is 67.8. The summed E-state index contributed by atoms with van der Waals surface area (Å²) in [5.41, 5.74) is 0. The van der Waals surface area contributed by atoms with Crippen molar-refractivity contribution in [3.63, 3.8) is 0 Å². The van der Waals surface area contributed by atoms with Gasteiger partial charge in [0.05, 0.1) is 33.8 Å². The van der Waals surface area contributed by atoms with Crippen LogP contribution in [0.25, 0.3) is 0 Å². The minimum Gasteiger partial charge on any atom is -0.456 e. The Balaban J connectivity index is 5.01. The van der Waals surface area contributed by atoms with E-state index in [9.17, 15) is 19.0 Å². The lowest BCUT2D eigenvalue weighted by Gasteiger charge is -2.27. The number of amides is 1. The number of phosphoric ester groups is 1. The van der Waals surface area contributed by atoms with Gasteiger partial charge in [0.1, 0.15) is 19.3 Å². The maximum absolute atomic E-state index is 13.7. The number of nitrogens with zero attached hydrogens (tertiary/aromatic N) is 1. The molecule has 2 N–H and O–H groups in total. The third kappa shape index (κ3) is 71.3. The number of carbonyl (C=O) groups is 2. The summed E-state index contributed by atoms with van der Waals surface area (Å²) in [7, 11) is 1.50. The van der Waals surface area contributed by atoms with Gasteiger partial charge < -0.3 is 19.4 Å². The number of quaternary nitrogens is 1. The topological polar surface area (TPSA) is 111 Å². The summed E-state index contributed by atoms with van der Waals surface area (Å²) >= 11 is 0. The molecule has 0 spiro atoms. The first-order valence-electron chi connectivity index (χ1n) is 38.9. The third-order valence-corrected chi connectivity index (χ3v) is 18.3. The summed E-state index contributed by atoms with van der Waals surface area (Å²) in [5.74, 6) is -0.500. The van der Waals surface area contributed by atoms with Crippen molar-refractivity contribution in [2.75, 3.05) is 40.9 Å². The Morgan fingerprint density at radius 1 is 0.396 bits per heavy atom. The average Bonchev–Trinajstić information content (AvgIpc) is 3.73. The van der Waals surface area contributed by atoms with Crippen LogP contribution < -0.4 is 5.32 Å². The highest BCUT2D eigenvalue weighted by molar-refractivity contribution is 7.47. The van der Waals surface area contributed by atoms with Crippen LogP contribution in [-0.2, 0) is 27.9 Å². The molecule has 91 heavy (non-hydrogen) atoms. The Bertz CT molecular complexity index is 1830. The smallest absolute Gasteiger partial charge is 0.456 e. The first-order chi connectivity index (χ1) is 44.4. The van der Waals surface area contributed by atoms with E-state index < -0.39 is 20.0 Å². The van der Waals surface area contributed by atoms with Crippen LogP contribution in [0.3, 0.4) is 0 Å². The number of ether oxygens (including phenoxy) is 1. The van der Waals surface area contributed by atoms with E-state index in [0.717, 1.165) is 109 Å². The lowest BCUT2D eigenvalue weighted by atomic mass is 10.0. The van der Waals surface area contributed by atoms with E-state index in [0.29, 0.717) is 17.4 Å². The van der Waals surface area contributed by atoms with E-state index in [4.69, 9.17) is 13.8 Å². The predicted octanol–water partition coefficient (Wildman–Crippen LogP) is 25.2. The SMILES string of the molecule is CC/C=C\C/C=C\C/C=C\C/C=C\C/C=C\C/C=C\CCCCCCCCCCC(=O)OC(/C=C/CCCCCCCCCCCCC)C(COP(=O)(O)OCC[N+](C)(C)C)NC(=O)CCCCCCCCCCCCCCCCCCCCCCCCCCC. The number of esters is 1. The second-order valence-electron chi connectivity index (χ2n) is 27.5. The first kappa shape index (κ1) is 88.2. The molecule has 0 radical (unpaired) electrons. The van der Waals surface area contributed by atoms with Gasteiger partial charge in [0.15, 0.2) is 0 Å². The number of unbranched alkanes of at least 4 members (excludes halogenated alkanes) is 43. The van der Waals surface area contributed by atoms with Crippen LogP contribution in [0.15, 0.2) is 85.1 Å². The average molecular weight is 1300 g/mol. The highest BCUT2D eigenvalue weighted by Crippen LogP contribution is 2.43. The molecule has 10 heteroatoms. The van der Waals surface area contributed by atoms with Crippen LogP contribution in [0.2, 0.25) is 0 Å². The molecule has 1 amide bonds. The van der Waals surface area contributed by atoms with Crippen molar-refractivity contribution in [2.24, 2.45) is 0 Å². The van der Waals surface area contributed by atoms with Crippen LogP contribution >= 0.6 is 7.82 Å². The van der Waals surface area contributed by atoms with Gasteiger partial charge in [0.25, 0.3) is 0 Å². The van der Waals surface area contributed by atoms with E-state index in [1.165, 1.54) is 225 Å². The van der Waals surface area contributed by atoms with E-state index in [2.05, 4.69) is 99.0 Å². The van der Waals surface area contributed by atoms with Crippen molar-refractivity contribution in [3.8, 4) is 0 Å². The van der Waals surface area contributed by atoms with Crippen LogP contribution in [0, 0.1) is 0 Å². The number of likely N-dealkylation sites (N-methyl/N-ethyl adjacent to an activating group) is 1. The fraction of sp³-hybridized carbons (Fsp3) is 0.802. The van der Waals surface area contributed by atoms with Crippen molar-refractivity contribution in [1.29, 1.82) is 0 Å². The summed E-state index contributed by atoms with van der Waals surface area (Å²) < 4.78 is 30.9. The highest BCUT2D eigenvalue weighted by Gasteiger charge is 2.30. The predicted molar refractivity (Wildman–Crippen MR) is 397 cm³/mol. The Morgan fingerprint density at radius 2 is 0.703 bits per heavy atom. The van der Waals surface area contributed by atoms with Crippen LogP contribution in [0.5, 0.6) is 0 Å². The van der Waals surface area contributed by atoms with Crippen LogP contribution in [0.1, 0.15) is 367 Å². The number of allylic oxidation sites excluding steroid dienone is 13. The van der Waals surface area contributed by atoms with Crippen LogP contribution in [-0.4, -0.2) is 74.3 Å². The summed E-state index contributed by atoms with van der Waals surface area (Å²) in [4.78, 5) is 38.0. The lowest BCUT2D eigenvalue weighted by molar-refractivity contribution is -0.870. The molecular weight excluding hydrogens is 1140 g/mol. The fourth-order valence-electron chi connectivity index (χ4n) is 11.4. The number of phosphoric acid groups is 1. The molecule has 0 rings (SSSR count). The minimum atomic E-state index is -4.46. The maximum Gasteiger partial charge on any atom is 0.472 e. The Labute approximate surface area is 565 Å². The number of hydrogen-bond acceptors (Lipinski definition) is 6. The van der Waals surface area contributed by atoms with E-state index in [1.54, 1.807) is 0 Å². The summed E-state index contributed by atoms with van der Waals surface area (Å²) in [6, 6.07) is -0.855. The van der Waals surface area contributed by atoms with Crippen molar-refractivity contribution in [3.05, 3.63) is 85.1 Å². The molecule has 0 aliphatic heterocycles. The van der Waals surface area contributed by atoms with Crippen molar-refractivity contribution >= 4 is 19.7 Å². The summed E-state index contributed by atoms with van der Waals surface area (Å²) in [5, 5.41) is 3.08. The van der Waals surface area contributed by atoms with Crippen molar-refractivity contribution < 1.29 is 37.3 Å². The largest absolute Gasteiger partial charge is 0.472 e.